The lowest BCUT2D eigenvalue weighted by molar-refractivity contribution is -0.121. The van der Waals surface area contributed by atoms with Gasteiger partial charge in [-0.3, -0.25) is 4.79 Å². The molecular formula is C22H25ClN2O6S. The molecule has 2 aromatic carbocycles. The summed E-state index contributed by atoms with van der Waals surface area (Å²) >= 11 is 6.16. The lowest BCUT2D eigenvalue weighted by Gasteiger charge is -2.34. The Kier molecular flexibility index (Phi) is 7.55. The summed E-state index contributed by atoms with van der Waals surface area (Å²) in [5.74, 6) is -1.25. The van der Waals surface area contributed by atoms with Crippen LogP contribution >= 0.6 is 11.6 Å². The van der Waals surface area contributed by atoms with Gasteiger partial charge in [0.1, 0.15) is 4.90 Å². The summed E-state index contributed by atoms with van der Waals surface area (Å²) in [5.41, 5.74) is 0.639. The Bertz CT molecular complexity index is 1080. The van der Waals surface area contributed by atoms with Crippen molar-refractivity contribution in [3.05, 3.63) is 59.1 Å². The molecule has 0 saturated carbocycles. The van der Waals surface area contributed by atoms with Crippen molar-refractivity contribution >= 4 is 39.2 Å². The molecule has 0 radical (unpaired) electrons. The fourth-order valence-electron chi connectivity index (χ4n) is 3.40. The van der Waals surface area contributed by atoms with Crippen LogP contribution in [0.5, 0.6) is 0 Å². The molecule has 0 spiro atoms. The molecule has 2 unspecified atom stereocenters. The van der Waals surface area contributed by atoms with Gasteiger partial charge < -0.3 is 14.4 Å². The predicted octanol–water partition coefficient (Wildman–Crippen LogP) is 2.96. The number of hydrogen-bond acceptors (Lipinski definition) is 6. The number of morpholine rings is 1. The average Bonchev–Trinajstić information content (AvgIpc) is 2.76. The molecule has 1 aliphatic rings. The molecule has 0 bridgehead atoms. The second kappa shape index (κ2) is 9.99. The number of para-hydroxylation sites is 1. The number of carbonyl (C=O) groups excluding carboxylic acids is 2. The first-order chi connectivity index (χ1) is 15.1. The summed E-state index contributed by atoms with van der Waals surface area (Å²) in [6, 6.07) is 12.8. The fraction of sp³-hybridized carbons (Fsp3) is 0.364. The average molecular weight is 481 g/mol. The molecule has 1 heterocycles. The van der Waals surface area contributed by atoms with E-state index in [1.807, 2.05) is 6.07 Å². The third-order valence-corrected chi connectivity index (χ3v) is 7.33. The maximum absolute atomic E-state index is 13.2. The quantitative estimate of drug-likeness (QED) is 0.590. The number of sulfonamides is 1. The summed E-state index contributed by atoms with van der Waals surface area (Å²) < 4.78 is 38.3. The van der Waals surface area contributed by atoms with Crippen molar-refractivity contribution in [3.8, 4) is 0 Å². The van der Waals surface area contributed by atoms with Crippen molar-refractivity contribution in [1.82, 2.24) is 4.31 Å². The number of anilines is 1. The molecular weight excluding hydrogens is 456 g/mol. The summed E-state index contributed by atoms with van der Waals surface area (Å²) in [5, 5.41) is -0.00626. The van der Waals surface area contributed by atoms with Gasteiger partial charge in [0.05, 0.1) is 22.8 Å². The van der Waals surface area contributed by atoms with Gasteiger partial charge >= 0.3 is 5.97 Å². The maximum Gasteiger partial charge on any atom is 0.338 e. The Labute approximate surface area is 192 Å². The second-order valence-electron chi connectivity index (χ2n) is 7.59. The largest absolute Gasteiger partial charge is 0.452 e. The number of likely N-dealkylation sites (N-methyl/N-ethyl adjacent to an activating group) is 1. The van der Waals surface area contributed by atoms with Crippen LogP contribution in [0, 0.1) is 0 Å². The molecule has 8 nitrogen and oxygen atoms in total. The minimum absolute atomic E-state index is 0.00626. The number of carbonyl (C=O) groups is 2. The van der Waals surface area contributed by atoms with Gasteiger partial charge in [-0.05, 0) is 44.2 Å². The molecule has 1 aliphatic heterocycles. The molecule has 1 fully saturated rings. The Hall–Kier alpha value is -2.46. The third-order valence-electron chi connectivity index (χ3n) is 5.02. The Morgan fingerprint density at radius 2 is 1.75 bits per heavy atom. The molecule has 3 rings (SSSR count). The van der Waals surface area contributed by atoms with E-state index in [4.69, 9.17) is 21.1 Å². The van der Waals surface area contributed by atoms with Gasteiger partial charge in [0.25, 0.3) is 5.91 Å². The molecule has 2 atom stereocenters. The number of esters is 1. The van der Waals surface area contributed by atoms with Gasteiger partial charge in [-0.1, -0.05) is 29.8 Å². The fourth-order valence-corrected chi connectivity index (χ4v) is 5.49. The lowest BCUT2D eigenvalue weighted by Crippen LogP contribution is -2.48. The van der Waals surface area contributed by atoms with Crippen LogP contribution in [-0.2, 0) is 24.3 Å². The highest BCUT2D eigenvalue weighted by atomic mass is 35.5. The van der Waals surface area contributed by atoms with Gasteiger partial charge in [0.2, 0.25) is 10.0 Å². The van der Waals surface area contributed by atoms with Crippen LogP contribution < -0.4 is 4.90 Å². The zero-order chi connectivity index (χ0) is 23.5. The highest BCUT2D eigenvalue weighted by molar-refractivity contribution is 7.89. The van der Waals surface area contributed by atoms with Crippen LogP contribution in [0.25, 0.3) is 0 Å². The van der Waals surface area contributed by atoms with Gasteiger partial charge in [-0.15, -0.1) is 0 Å². The van der Waals surface area contributed by atoms with E-state index in [-0.39, 0.29) is 40.8 Å². The van der Waals surface area contributed by atoms with E-state index in [0.717, 1.165) is 0 Å². The van der Waals surface area contributed by atoms with E-state index >= 15 is 0 Å². The van der Waals surface area contributed by atoms with Crippen LogP contribution in [0.2, 0.25) is 5.02 Å². The van der Waals surface area contributed by atoms with E-state index in [1.54, 1.807) is 45.2 Å². The van der Waals surface area contributed by atoms with E-state index in [9.17, 15) is 18.0 Å². The first kappa shape index (κ1) is 24.2. The van der Waals surface area contributed by atoms with E-state index in [2.05, 4.69) is 0 Å². The minimum Gasteiger partial charge on any atom is -0.452 e. The first-order valence-corrected chi connectivity index (χ1v) is 11.8. The predicted molar refractivity (Wildman–Crippen MR) is 120 cm³/mol. The van der Waals surface area contributed by atoms with Crippen LogP contribution in [0.4, 0.5) is 5.69 Å². The van der Waals surface area contributed by atoms with Crippen molar-refractivity contribution in [2.75, 3.05) is 31.6 Å². The zero-order valence-corrected chi connectivity index (χ0v) is 19.6. The third kappa shape index (κ3) is 5.47. The highest BCUT2D eigenvalue weighted by Crippen LogP contribution is 2.28. The van der Waals surface area contributed by atoms with Crippen molar-refractivity contribution in [3.63, 3.8) is 0 Å². The van der Waals surface area contributed by atoms with Crippen LogP contribution in [0.15, 0.2) is 53.4 Å². The topological polar surface area (TPSA) is 93.2 Å². The van der Waals surface area contributed by atoms with Crippen molar-refractivity contribution in [2.45, 2.75) is 31.0 Å². The Morgan fingerprint density at radius 3 is 2.38 bits per heavy atom. The molecule has 0 aromatic heterocycles. The number of halogens is 1. The Balaban J connectivity index is 1.73. The molecule has 1 amide bonds. The summed E-state index contributed by atoms with van der Waals surface area (Å²) in [7, 11) is -2.38. The summed E-state index contributed by atoms with van der Waals surface area (Å²) in [4.78, 5) is 26.0. The number of hydrogen-bond donors (Lipinski definition) is 0. The Morgan fingerprint density at radius 1 is 1.12 bits per heavy atom. The number of rotatable bonds is 6. The molecule has 0 N–H and O–H groups in total. The van der Waals surface area contributed by atoms with Crippen molar-refractivity contribution in [1.29, 1.82) is 0 Å². The van der Waals surface area contributed by atoms with Crippen LogP contribution in [0.3, 0.4) is 0 Å². The molecule has 172 valence electrons. The van der Waals surface area contributed by atoms with Gasteiger partial charge in [0, 0.05) is 25.8 Å². The smallest absolute Gasteiger partial charge is 0.338 e. The molecule has 0 aliphatic carbocycles. The lowest BCUT2D eigenvalue weighted by atomic mass is 10.2. The van der Waals surface area contributed by atoms with Gasteiger partial charge in [-0.2, -0.15) is 4.31 Å². The second-order valence-corrected chi connectivity index (χ2v) is 9.90. The van der Waals surface area contributed by atoms with E-state index < -0.39 is 28.5 Å². The van der Waals surface area contributed by atoms with Crippen molar-refractivity contribution in [2.24, 2.45) is 0 Å². The minimum atomic E-state index is -3.96. The molecule has 32 heavy (non-hydrogen) atoms. The SMILES string of the molecule is CC1CN(S(=O)(=O)c2cc(C(=O)OCC(=O)N(C)c3ccccc3)ccc2Cl)CC(C)O1. The number of nitrogens with zero attached hydrogens (tertiary/aromatic N) is 2. The van der Waals surface area contributed by atoms with Crippen molar-refractivity contribution < 1.29 is 27.5 Å². The summed E-state index contributed by atoms with van der Waals surface area (Å²) in [6.07, 6.45) is -0.541. The standard InChI is InChI=1S/C22H25ClN2O6S/c1-15-12-25(13-16(2)31-15)32(28,29)20-11-17(9-10-19(20)23)22(27)30-14-21(26)24(3)18-7-5-4-6-8-18/h4-11,15-16H,12-14H2,1-3H3. The van der Waals surface area contributed by atoms with Gasteiger partial charge in [0.15, 0.2) is 6.61 Å². The molecule has 2 aromatic rings. The van der Waals surface area contributed by atoms with E-state index in [1.165, 1.54) is 27.4 Å². The zero-order valence-electron chi connectivity index (χ0n) is 18.0. The molecule has 10 heteroatoms. The van der Waals surface area contributed by atoms with Crippen LogP contribution in [-0.4, -0.2) is 63.6 Å². The normalized spacial score (nSPS) is 19.4. The van der Waals surface area contributed by atoms with Gasteiger partial charge in [-0.25, -0.2) is 13.2 Å². The number of ether oxygens (including phenoxy) is 2. The maximum atomic E-state index is 13.2. The first-order valence-electron chi connectivity index (χ1n) is 10.0. The monoisotopic (exact) mass is 480 g/mol. The summed E-state index contributed by atoms with van der Waals surface area (Å²) in [6.45, 7) is 3.44. The molecule has 1 saturated heterocycles. The van der Waals surface area contributed by atoms with Crippen LogP contribution in [0.1, 0.15) is 24.2 Å². The highest BCUT2D eigenvalue weighted by Gasteiger charge is 2.34. The number of amides is 1. The number of benzene rings is 2. The van der Waals surface area contributed by atoms with E-state index in [0.29, 0.717) is 5.69 Å².